The predicted octanol–water partition coefficient (Wildman–Crippen LogP) is 0.257. The molecule has 0 aliphatic rings. The number of thiophene rings is 1. The second-order valence-electron chi connectivity index (χ2n) is 2.16. The smallest absolute Gasteiger partial charge is 0.258 e. The molecule has 1 rings (SSSR count). The Hall–Kier alpha value is -0.440. The van der Waals surface area contributed by atoms with Crippen molar-refractivity contribution >= 4 is 43.2 Å². The van der Waals surface area contributed by atoms with E-state index < -0.39 is 15.9 Å². The molecule has 0 fully saturated rings. The van der Waals surface area contributed by atoms with Gasteiger partial charge in [0.05, 0.1) is 8.66 Å². The number of carbonyl (C=O) groups excluding carboxylic acids is 1. The molecule has 72 valence electrons. The molecule has 5 nitrogen and oxygen atoms in total. The Labute approximate surface area is 86.9 Å². The van der Waals surface area contributed by atoms with E-state index >= 15 is 0 Å². The van der Waals surface area contributed by atoms with Crippen LogP contribution in [0.4, 0.5) is 0 Å². The van der Waals surface area contributed by atoms with Gasteiger partial charge in [-0.2, -0.15) is 0 Å². The predicted molar refractivity (Wildman–Crippen MR) is 51.9 cm³/mol. The third kappa shape index (κ3) is 2.27. The van der Waals surface area contributed by atoms with Gasteiger partial charge in [0.15, 0.2) is 0 Å². The van der Waals surface area contributed by atoms with Gasteiger partial charge in [0.25, 0.3) is 5.91 Å². The molecule has 0 saturated carbocycles. The number of primary amides is 1. The fourth-order valence-electron chi connectivity index (χ4n) is 0.668. The Kier molecular flexibility index (Phi) is 2.76. The van der Waals surface area contributed by atoms with Crippen molar-refractivity contribution in [2.45, 2.75) is 4.90 Å². The number of halogens is 1. The summed E-state index contributed by atoms with van der Waals surface area (Å²) in [5.74, 6) is -0.680. The summed E-state index contributed by atoms with van der Waals surface area (Å²) in [6, 6.07) is 1.15. The lowest BCUT2D eigenvalue weighted by molar-refractivity contribution is 0.100. The van der Waals surface area contributed by atoms with Crippen molar-refractivity contribution in [3.8, 4) is 0 Å². The molecule has 0 spiro atoms. The summed E-state index contributed by atoms with van der Waals surface area (Å²) in [6.07, 6.45) is 0. The molecule has 0 atom stereocenters. The molecule has 13 heavy (non-hydrogen) atoms. The van der Waals surface area contributed by atoms with E-state index in [1.54, 1.807) is 0 Å². The van der Waals surface area contributed by atoms with Crippen LogP contribution in [-0.4, -0.2) is 14.3 Å². The van der Waals surface area contributed by atoms with Gasteiger partial charge in [0, 0.05) is 0 Å². The van der Waals surface area contributed by atoms with Crippen LogP contribution in [0.1, 0.15) is 9.67 Å². The molecule has 4 N–H and O–H groups in total. The van der Waals surface area contributed by atoms with Gasteiger partial charge in [-0.05, 0) is 22.0 Å². The largest absolute Gasteiger partial charge is 0.365 e. The first-order chi connectivity index (χ1) is 5.82. The van der Waals surface area contributed by atoms with Gasteiger partial charge in [-0.3, -0.25) is 4.79 Å². The van der Waals surface area contributed by atoms with Crippen LogP contribution in [0.5, 0.6) is 0 Å². The molecule has 1 aromatic heterocycles. The quantitative estimate of drug-likeness (QED) is 0.814. The van der Waals surface area contributed by atoms with Crippen LogP contribution in [0.25, 0.3) is 0 Å². The highest BCUT2D eigenvalue weighted by molar-refractivity contribution is 9.11. The van der Waals surface area contributed by atoms with E-state index in [4.69, 9.17) is 10.9 Å². The third-order valence-corrected chi connectivity index (χ3v) is 4.38. The minimum atomic E-state index is -3.79. The molecule has 0 aliphatic carbocycles. The van der Waals surface area contributed by atoms with E-state index in [-0.39, 0.29) is 13.6 Å². The van der Waals surface area contributed by atoms with Crippen molar-refractivity contribution in [2.75, 3.05) is 0 Å². The van der Waals surface area contributed by atoms with Gasteiger partial charge in [-0.25, -0.2) is 13.6 Å². The zero-order valence-corrected chi connectivity index (χ0v) is 9.37. The number of primary sulfonamides is 1. The van der Waals surface area contributed by atoms with Crippen molar-refractivity contribution in [3.63, 3.8) is 0 Å². The van der Waals surface area contributed by atoms with Crippen LogP contribution in [0, 0.1) is 0 Å². The zero-order chi connectivity index (χ0) is 10.2. The number of nitrogens with two attached hydrogens (primary N) is 2. The first-order valence-corrected chi connectivity index (χ1v) is 6.10. The summed E-state index contributed by atoms with van der Waals surface area (Å²) in [6.45, 7) is 0. The molecular weight excluding hydrogens is 280 g/mol. The fourth-order valence-corrected chi connectivity index (χ4v) is 3.67. The maximum absolute atomic E-state index is 10.9. The summed E-state index contributed by atoms with van der Waals surface area (Å²) in [7, 11) is -3.79. The molecule has 0 saturated heterocycles. The van der Waals surface area contributed by atoms with Crippen LogP contribution in [0.3, 0.4) is 0 Å². The number of sulfonamides is 1. The van der Waals surface area contributed by atoms with Crippen LogP contribution in [-0.2, 0) is 10.0 Å². The van der Waals surface area contributed by atoms with E-state index in [0.717, 1.165) is 17.4 Å². The molecule has 8 heteroatoms. The number of hydrogen-bond donors (Lipinski definition) is 2. The Balaban J connectivity index is 3.35. The van der Waals surface area contributed by atoms with E-state index in [1.807, 2.05) is 0 Å². The maximum atomic E-state index is 10.9. The standard InChI is InChI=1S/C5H5BrN2O3S2/c6-4-3(13(8,10)11)1-2(12-4)5(7)9/h1H,(H2,7,9)(H2,8,10,11). The van der Waals surface area contributed by atoms with Crippen LogP contribution in [0.15, 0.2) is 14.7 Å². The number of rotatable bonds is 2. The molecule has 1 amide bonds. The van der Waals surface area contributed by atoms with E-state index in [0.29, 0.717) is 0 Å². The van der Waals surface area contributed by atoms with Crippen molar-refractivity contribution < 1.29 is 13.2 Å². The summed E-state index contributed by atoms with van der Waals surface area (Å²) >= 11 is 3.91. The summed E-state index contributed by atoms with van der Waals surface area (Å²) < 4.78 is 22.1. The minimum absolute atomic E-state index is 0.119. The zero-order valence-electron chi connectivity index (χ0n) is 6.15. The average molecular weight is 285 g/mol. The minimum Gasteiger partial charge on any atom is -0.365 e. The second kappa shape index (κ2) is 3.37. The number of hydrogen-bond acceptors (Lipinski definition) is 4. The first kappa shape index (κ1) is 10.6. The lowest BCUT2D eigenvalue weighted by atomic mass is 10.5. The summed E-state index contributed by atoms with van der Waals surface area (Å²) in [5.41, 5.74) is 4.95. The van der Waals surface area contributed by atoms with Gasteiger partial charge in [0.1, 0.15) is 4.90 Å². The SMILES string of the molecule is NC(=O)c1cc(S(N)(=O)=O)c(Br)s1. The molecule has 0 aliphatic heterocycles. The maximum Gasteiger partial charge on any atom is 0.258 e. The lowest BCUT2D eigenvalue weighted by Crippen LogP contribution is -2.12. The molecule has 0 radical (unpaired) electrons. The van der Waals surface area contributed by atoms with E-state index in [9.17, 15) is 13.2 Å². The molecule has 1 aromatic rings. The molecule has 1 heterocycles. The van der Waals surface area contributed by atoms with Crippen LogP contribution >= 0.6 is 27.3 Å². The molecule has 0 unspecified atom stereocenters. The summed E-state index contributed by atoms with van der Waals surface area (Å²) in [4.78, 5) is 10.7. The van der Waals surface area contributed by atoms with Gasteiger partial charge in [-0.15, -0.1) is 11.3 Å². The number of carbonyl (C=O) groups is 1. The Morgan fingerprint density at radius 2 is 2.08 bits per heavy atom. The van der Waals surface area contributed by atoms with Gasteiger partial charge in [-0.1, -0.05) is 0 Å². The first-order valence-electron chi connectivity index (χ1n) is 2.94. The topological polar surface area (TPSA) is 103 Å². The molecule has 0 aromatic carbocycles. The van der Waals surface area contributed by atoms with E-state index in [2.05, 4.69) is 15.9 Å². The normalized spacial score (nSPS) is 11.5. The lowest BCUT2D eigenvalue weighted by Gasteiger charge is -1.91. The van der Waals surface area contributed by atoms with Gasteiger partial charge >= 0.3 is 0 Å². The molecule has 0 bridgehead atoms. The van der Waals surface area contributed by atoms with Crippen molar-refractivity contribution in [3.05, 3.63) is 14.7 Å². The average Bonchev–Trinajstić information content (AvgIpc) is 2.29. The molecular formula is C5H5BrN2O3S2. The Morgan fingerprint density at radius 3 is 2.31 bits per heavy atom. The summed E-state index contributed by atoms with van der Waals surface area (Å²) in [5, 5.41) is 4.87. The highest BCUT2D eigenvalue weighted by Gasteiger charge is 2.18. The highest BCUT2D eigenvalue weighted by atomic mass is 79.9. The van der Waals surface area contributed by atoms with Crippen LogP contribution < -0.4 is 10.9 Å². The van der Waals surface area contributed by atoms with Crippen molar-refractivity contribution in [1.29, 1.82) is 0 Å². The van der Waals surface area contributed by atoms with Gasteiger partial charge < -0.3 is 5.73 Å². The monoisotopic (exact) mass is 284 g/mol. The van der Waals surface area contributed by atoms with E-state index in [1.165, 1.54) is 0 Å². The third-order valence-electron chi connectivity index (χ3n) is 1.20. The van der Waals surface area contributed by atoms with Crippen LogP contribution in [0.2, 0.25) is 0 Å². The Morgan fingerprint density at radius 1 is 1.54 bits per heavy atom. The van der Waals surface area contributed by atoms with Crippen molar-refractivity contribution in [1.82, 2.24) is 0 Å². The second-order valence-corrected chi connectivity index (χ2v) is 6.06. The fraction of sp³-hybridized carbons (Fsp3) is 0. The van der Waals surface area contributed by atoms with Crippen molar-refractivity contribution in [2.24, 2.45) is 10.9 Å². The van der Waals surface area contributed by atoms with Gasteiger partial charge in [0.2, 0.25) is 10.0 Å². The number of amides is 1. The highest BCUT2D eigenvalue weighted by Crippen LogP contribution is 2.30. The Bertz CT molecular complexity index is 450.